The van der Waals surface area contributed by atoms with Gasteiger partial charge < -0.3 is 30.0 Å². The molecule has 0 bridgehead atoms. The number of hydrogen-bond acceptors (Lipinski definition) is 13. The molecule has 0 spiro atoms. The summed E-state index contributed by atoms with van der Waals surface area (Å²) >= 11 is 1.69. The first-order valence-corrected chi connectivity index (χ1v) is 25.3. The summed E-state index contributed by atoms with van der Waals surface area (Å²) in [5.74, 6) is 1.80. The first kappa shape index (κ1) is 55.6. The van der Waals surface area contributed by atoms with Crippen LogP contribution < -0.4 is 16.0 Å². The molecule has 2 aliphatic rings. The second-order valence-corrected chi connectivity index (χ2v) is 20.7. The fourth-order valence-electron chi connectivity index (χ4n) is 7.48. The van der Waals surface area contributed by atoms with E-state index in [9.17, 15) is 14.4 Å². The van der Waals surface area contributed by atoms with Gasteiger partial charge in [-0.1, -0.05) is 96.2 Å². The number of piperidine rings is 1. The molecular weight excluding hydrogens is 887 g/mol. The number of amides is 2. The van der Waals surface area contributed by atoms with Crippen LogP contribution in [0.4, 0.5) is 17.5 Å². The Balaban J connectivity index is 0.000000596. The molecule has 14 nitrogen and oxygen atoms in total. The SMILES string of the molecule is C=CC.CC(C)(C)C.CNC(=O)CCCCCCCCCC(=O)N1CCC(c2nnc(-c3cnc(Nc4ccc5c(c4)C(C)(C)OC5=O)nc3NC(C)c3ccccc3)o2)CC1.Cc1ncsc1C. The number of allylic oxidation sites excluding steroid dienone is 1. The average molecular weight is 964 g/mol. The van der Waals surface area contributed by atoms with Crippen LogP contribution in [0.1, 0.15) is 176 Å². The highest BCUT2D eigenvalue weighted by Crippen LogP contribution is 2.38. The Hall–Kier alpha value is -5.96. The van der Waals surface area contributed by atoms with E-state index >= 15 is 0 Å². The standard InChI is InChI=1S/C41H52N8O5.C5H7NS.C5H12.C3H6/c1-27(28-15-11-10-12-16-28)44-36-32(26-43-40(46-36)45-30-19-20-31-33(25-30)41(2,3)54-39(31)52)38-48-47-37(53-38)29-21-23-49(24-22-29)35(51)18-14-9-7-5-6-8-13-17-34(50)42-4;1-4-5(2)7-3-6-4;1-5(2,3)4;1-3-2/h10-12,15-16,19-20,25-27,29H,5-9,13-14,17-18,21-24H2,1-4H3,(H,42,50)(H2,43,44,45,46);3H,1-2H3;1-4H3;3H,1H2,2H3. The highest BCUT2D eigenvalue weighted by molar-refractivity contribution is 7.09. The van der Waals surface area contributed by atoms with Gasteiger partial charge in [-0.25, -0.2) is 14.8 Å². The number of aromatic nitrogens is 5. The van der Waals surface area contributed by atoms with Crippen molar-refractivity contribution in [3.05, 3.63) is 106 Å². The van der Waals surface area contributed by atoms with Crippen LogP contribution in [-0.2, 0) is 19.9 Å². The van der Waals surface area contributed by atoms with Crippen molar-refractivity contribution in [2.75, 3.05) is 30.8 Å². The van der Waals surface area contributed by atoms with Gasteiger partial charge in [0.1, 0.15) is 11.4 Å². The number of carbonyl (C=O) groups is 3. The number of cyclic esters (lactones) is 1. The minimum absolute atomic E-state index is 0.0557. The second-order valence-electron chi connectivity index (χ2n) is 19.7. The van der Waals surface area contributed by atoms with Gasteiger partial charge in [0.15, 0.2) is 0 Å². The number of likely N-dealkylation sites (tertiary alicyclic amines) is 1. The molecule has 1 atom stereocenters. The molecular formula is C54H77N9O5S. The molecule has 374 valence electrons. The Bertz CT molecular complexity index is 2360. The predicted molar refractivity (Wildman–Crippen MR) is 279 cm³/mol. The van der Waals surface area contributed by atoms with Crippen molar-refractivity contribution in [3.8, 4) is 11.5 Å². The van der Waals surface area contributed by atoms with Crippen LogP contribution in [0.15, 0.2) is 77.3 Å². The minimum Gasteiger partial charge on any atom is -0.451 e. The maximum atomic E-state index is 13.0. The van der Waals surface area contributed by atoms with E-state index in [-0.39, 0.29) is 29.7 Å². The molecule has 2 amide bonds. The van der Waals surface area contributed by atoms with E-state index in [1.165, 1.54) is 4.88 Å². The number of hydrogen-bond donors (Lipinski definition) is 3. The van der Waals surface area contributed by atoms with Gasteiger partial charge in [-0.3, -0.25) is 9.59 Å². The van der Waals surface area contributed by atoms with Gasteiger partial charge in [0.25, 0.3) is 5.89 Å². The molecule has 7 rings (SSSR count). The molecule has 5 heterocycles. The summed E-state index contributed by atoms with van der Waals surface area (Å²) in [6.45, 7) is 25.2. The Morgan fingerprint density at radius 2 is 1.55 bits per heavy atom. The molecule has 0 saturated carbocycles. The van der Waals surface area contributed by atoms with E-state index in [1.807, 2.05) is 68.4 Å². The lowest BCUT2D eigenvalue weighted by Gasteiger charge is -2.30. The molecule has 15 heteroatoms. The fourth-order valence-corrected chi connectivity index (χ4v) is 8.07. The van der Waals surface area contributed by atoms with Gasteiger partial charge in [0.05, 0.1) is 22.3 Å². The number of benzene rings is 2. The van der Waals surface area contributed by atoms with Crippen LogP contribution in [0.5, 0.6) is 0 Å². The summed E-state index contributed by atoms with van der Waals surface area (Å²) in [6, 6.07) is 15.4. The van der Waals surface area contributed by atoms with Gasteiger partial charge in [-0.05, 0) is 96.4 Å². The number of fused-ring (bicyclic) bond motifs is 1. The lowest BCUT2D eigenvalue weighted by atomic mass is 9.95. The Morgan fingerprint density at radius 1 is 0.928 bits per heavy atom. The van der Waals surface area contributed by atoms with E-state index in [0.717, 1.165) is 80.3 Å². The van der Waals surface area contributed by atoms with Gasteiger partial charge in [-0.2, -0.15) is 4.98 Å². The molecule has 5 aromatic rings. The van der Waals surface area contributed by atoms with Crippen molar-refractivity contribution in [3.63, 3.8) is 0 Å². The zero-order valence-corrected chi connectivity index (χ0v) is 43.9. The van der Waals surface area contributed by atoms with Gasteiger partial charge in [-0.15, -0.1) is 28.1 Å². The number of unbranched alkanes of at least 4 members (excludes halogenated alkanes) is 6. The molecule has 0 aliphatic carbocycles. The third kappa shape index (κ3) is 18.5. The third-order valence-corrected chi connectivity index (χ3v) is 12.2. The molecule has 1 saturated heterocycles. The zero-order chi connectivity index (χ0) is 50.6. The molecule has 1 unspecified atom stereocenters. The van der Waals surface area contributed by atoms with E-state index < -0.39 is 5.60 Å². The highest BCUT2D eigenvalue weighted by atomic mass is 32.1. The van der Waals surface area contributed by atoms with Crippen molar-refractivity contribution in [2.45, 2.75) is 157 Å². The average Bonchev–Trinajstić information content (AvgIpc) is 4.02. The Kier molecular flexibility index (Phi) is 22.0. The summed E-state index contributed by atoms with van der Waals surface area (Å²) < 4.78 is 11.8. The van der Waals surface area contributed by atoms with Gasteiger partial charge in [0.2, 0.25) is 23.7 Å². The Morgan fingerprint density at radius 3 is 2.13 bits per heavy atom. The van der Waals surface area contributed by atoms with Crippen LogP contribution in [0.25, 0.3) is 11.5 Å². The topological polar surface area (TPSA) is 177 Å². The van der Waals surface area contributed by atoms with Crippen molar-refractivity contribution in [1.82, 2.24) is 35.4 Å². The summed E-state index contributed by atoms with van der Waals surface area (Å²) in [4.78, 5) is 53.4. The fraction of sp³-hybridized carbons (Fsp3) is 0.519. The molecule has 2 aromatic carbocycles. The number of nitrogens with zero attached hydrogens (tertiary/aromatic N) is 6. The second kappa shape index (κ2) is 27.3. The van der Waals surface area contributed by atoms with Crippen LogP contribution >= 0.6 is 11.3 Å². The maximum Gasteiger partial charge on any atom is 0.339 e. The van der Waals surface area contributed by atoms with Gasteiger partial charge >= 0.3 is 5.97 Å². The molecule has 69 heavy (non-hydrogen) atoms. The van der Waals surface area contributed by atoms with E-state index in [2.05, 4.69) is 96.4 Å². The molecule has 3 aromatic heterocycles. The number of rotatable bonds is 17. The predicted octanol–water partition coefficient (Wildman–Crippen LogP) is 12.8. The highest BCUT2D eigenvalue weighted by Gasteiger charge is 2.38. The van der Waals surface area contributed by atoms with E-state index in [1.54, 1.807) is 36.7 Å². The summed E-state index contributed by atoms with van der Waals surface area (Å²) in [7, 11) is 1.67. The normalized spacial score (nSPS) is 14.3. The van der Waals surface area contributed by atoms with Crippen molar-refractivity contribution in [2.24, 2.45) is 5.41 Å². The summed E-state index contributed by atoms with van der Waals surface area (Å²) in [6.07, 6.45) is 13.5. The number of anilines is 3. The quantitative estimate of drug-likeness (QED) is 0.0457. The third-order valence-electron chi connectivity index (χ3n) is 11.4. The van der Waals surface area contributed by atoms with Crippen molar-refractivity contribution >= 4 is 46.6 Å². The number of ether oxygens (including phenoxy) is 1. The maximum absolute atomic E-state index is 13.0. The molecule has 2 aliphatic heterocycles. The minimum atomic E-state index is -0.730. The van der Waals surface area contributed by atoms with Crippen LogP contribution in [0, 0.1) is 19.3 Å². The lowest BCUT2D eigenvalue weighted by Crippen LogP contribution is -2.37. The number of nitrogens with one attached hydrogen (secondary N) is 3. The number of esters is 1. The van der Waals surface area contributed by atoms with Crippen LogP contribution in [0.3, 0.4) is 0 Å². The summed E-state index contributed by atoms with van der Waals surface area (Å²) in [5.41, 5.74) is 6.53. The molecule has 0 radical (unpaired) electrons. The van der Waals surface area contributed by atoms with Crippen molar-refractivity contribution < 1.29 is 23.5 Å². The molecule has 1 fully saturated rings. The van der Waals surface area contributed by atoms with E-state index in [0.29, 0.717) is 66.0 Å². The Labute approximate surface area is 415 Å². The molecule has 3 N–H and O–H groups in total. The zero-order valence-electron chi connectivity index (χ0n) is 43.0. The first-order valence-electron chi connectivity index (χ1n) is 24.4. The number of thiazole rings is 1. The lowest BCUT2D eigenvalue weighted by molar-refractivity contribution is -0.132. The number of carbonyl (C=O) groups excluding carboxylic acids is 3. The summed E-state index contributed by atoms with van der Waals surface area (Å²) in [5, 5.41) is 18.3. The number of aryl methyl sites for hydroxylation is 2. The first-order chi connectivity index (χ1) is 32.8. The van der Waals surface area contributed by atoms with Crippen LogP contribution in [-0.4, -0.2) is 68.0 Å². The van der Waals surface area contributed by atoms with Crippen LogP contribution in [0.2, 0.25) is 0 Å². The van der Waals surface area contributed by atoms with Crippen molar-refractivity contribution in [1.29, 1.82) is 0 Å². The van der Waals surface area contributed by atoms with E-state index in [4.69, 9.17) is 14.1 Å². The van der Waals surface area contributed by atoms with Gasteiger partial charge in [0, 0.05) is 67.3 Å². The monoisotopic (exact) mass is 964 g/mol. The largest absolute Gasteiger partial charge is 0.451 e. The smallest absolute Gasteiger partial charge is 0.339 e.